The number of hydrogen-bond acceptors (Lipinski definition) is 7. The van der Waals surface area contributed by atoms with Crippen LogP contribution in [0.4, 0.5) is 27.1 Å². The molecule has 0 saturated carbocycles. The molecule has 0 unspecified atom stereocenters. The first-order valence-electron chi connectivity index (χ1n) is 6.49. The average Bonchev–Trinajstić information content (AvgIpc) is 2.56. The minimum absolute atomic E-state index is 0.0941. The molecule has 0 aliphatic heterocycles. The fraction of sp³-hybridized carbons (Fsp3) is 0. The first kappa shape index (κ1) is 18.7. The molecule has 0 fully saturated rings. The van der Waals surface area contributed by atoms with E-state index in [9.17, 15) is 39.5 Å². The molecule has 0 aromatic heterocycles. The van der Waals surface area contributed by atoms with Crippen LogP contribution in [0.2, 0.25) is 5.02 Å². The van der Waals surface area contributed by atoms with Gasteiger partial charge in [-0.05, 0) is 18.2 Å². The molecule has 2 rings (SSSR count). The second-order valence-electron chi connectivity index (χ2n) is 4.71. The van der Waals surface area contributed by atoms with Gasteiger partial charge in [0.25, 0.3) is 23.0 Å². The van der Waals surface area contributed by atoms with Gasteiger partial charge in [0.2, 0.25) is 0 Å². The van der Waals surface area contributed by atoms with Crippen molar-refractivity contribution in [3.8, 4) is 0 Å². The molecule has 13 heteroatoms. The Kier molecular flexibility index (Phi) is 5.07. The van der Waals surface area contributed by atoms with Crippen molar-refractivity contribution in [1.82, 2.24) is 0 Å². The van der Waals surface area contributed by atoms with Crippen LogP contribution in [0.5, 0.6) is 0 Å². The number of hydrogen-bond donors (Lipinski definition) is 1. The highest BCUT2D eigenvalue weighted by Gasteiger charge is 2.35. The Labute approximate surface area is 147 Å². The lowest BCUT2D eigenvalue weighted by Gasteiger charge is -2.07. The second-order valence-corrected chi connectivity index (χ2v) is 5.12. The van der Waals surface area contributed by atoms with Crippen molar-refractivity contribution in [2.45, 2.75) is 0 Å². The molecule has 0 bridgehead atoms. The summed E-state index contributed by atoms with van der Waals surface area (Å²) in [4.78, 5) is 42.0. The second kappa shape index (κ2) is 7.06. The van der Waals surface area contributed by atoms with Gasteiger partial charge < -0.3 is 5.32 Å². The number of carbonyl (C=O) groups excluding carboxylic acids is 1. The fourth-order valence-electron chi connectivity index (χ4n) is 1.99. The molecule has 26 heavy (non-hydrogen) atoms. The molecule has 0 aliphatic carbocycles. The van der Waals surface area contributed by atoms with Gasteiger partial charge in [0, 0.05) is 5.69 Å². The number of nitrogens with one attached hydrogen (secondary N) is 1. The third-order valence-electron chi connectivity index (χ3n) is 3.09. The Bertz CT molecular complexity index is 930. The molecule has 2 aromatic carbocycles. The maximum atomic E-state index is 13.1. The number of amides is 1. The lowest BCUT2D eigenvalue weighted by Crippen LogP contribution is -2.16. The first-order valence-corrected chi connectivity index (χ1v) is 6.87. The van der Waals surface area contributed by atoms with Gasteiger partial charge in [-0.15, -0.1) is 0 Å². The van der Waals surface area contributed by atoms with E-state index in [2.05, 4.69) is 5.32 Å². The van der Waals surface area contributed by atoms with Crippen molar-refractivity contribution in [3.63, 3.8) is 0 Å². The predicted octanol–water partition coefficient (Wildman–Crippen LogP) is 3.46. The third kappa shape index (κ3) is 3.70. The Morgan fingerprint density at radius 2 is 1.50 bits per heavy atom. The number of nitro groups is 3. The van der Waals surface area contributed by atoms with Crippen LogP contribution in [0.15, 0.2) is 30.3 Å². The number of anilines is 1. The van der Waals surface area contributed by atoms with Crippen LogP contribution in [-0.2, 0) is 0 Å². The van der Waals surface area contributed by atoms with E-state index in [1.807, 2.05) is 0 Å². The molecule has 0 aliphatic rings. The van der Waals surface area contributed by atoms with E-state index in [1.165, 1.54) is 0 Å². The molecular weight excluding hydrogens is 379 g/mol. The van der Waals surface area contributed by atoms with Gasteiger partial charge in [0.1, 0.15) is 5.82 Å². The Morgan fingerprint density at radius 3 is 1.92 bits per heavy atom. The minimum Gasteiger partial charge on any atom is -0.321 e. The zero-order chi connectivity index (χ0) is 19.6. The summed E-state index contributed by atoms with van der Waals surface area (Å²) < 4.78 is 13.1. The highest BCUT2D eigenvalue weighted by molar-refractivity contribution is 6.31. The van der Waals surface area contributed by atoms with Crippen LogP contribution in [0.3, 0.4) is 0 Å². The van der Waals surface area contributed by atoms with Crippen molar-refractivity contribution in [3.05, 3.63) is 77.1 Å². The van der Waals surface area contributed by atoms with Crippen LogP contribution in [0, 0.1) is 36.2 Å². The monoisotopic (exact) mass is 384 g/mol. The lowest BCUT2D eigenvalue weighted by molar-refractivity contribution is -0.403. The maximum Gasteiger partial charge on any atom is 0.296 e. The number of benzene rings is 2. The topological polar surface area (TPSA) is 159 Å². The van der Waals surface area contributed by atoms with Crippen LogP contribution in [0.25, 0.3) is 0 Å². The summed E-state index contributed by atoms with van der Waals surface area (Å²) in [6, 6.07) is 3.82. The SMILES string of the molecule is O=C(Nc1ccc(F)c(Cl)c1)c1c([N+](=O)[O-])cc([N+](=O)[O-])cc1[N+](=O)[O-]. The summed E-state index contributed by atoms with van der Waals surface area (Å²) >= 11 is 5.54. The van der Waals surface area contributed by atoms with E-state index >= 15 is 0 Å². The van der Waals surface area contributed by atoms with Crippen LogP contribution < -0.4 is 5.32 Å². The Hall–Kier alpha value is -3.67. The molecular formula is C13H6ClFN4O7. The van der Waals surface area contributed by atoms with Crippen LogP contribution >= 0.6 is 11.6 Å². The molecule has 1 N–H and O–H groups in total. The fourth-order valence-corrected chi connectivity index (χ4v) is 2.17. The number of nitrogens with zero attached hydrogens (tertiary/aromatic N) is 3. The van der Waals surface area contributed by atoms with Crippen molar-refractivity contribution >= 4 is 40.3 Å². The van der Waals surface area contributed by atoms with Crippen molar-refractivity contribution in [2.24, 2.45) is 0 Å². The Morgan fingerprint density at radius 1 is 0.962 bits per heavy atom. The molecule has 0 atom stereocenters. The molecule has 0 spiro atoms. The Balaban J connectivity index is 2.60. The van der Waals surface area contributed by atoms with Gasteiger partial charge in [-0.3, -0.25) is 35.1 Å². The molecule has 0 saturated heterocycles. The van der Waals surface area contributed by atoms with Gasteiger partial charge in [0.05, 0.1) is 31.9 Å². The highest BCUT2D eigenvalue weighted by Crippen LogP contribution is 2.34. The van der Waals surface area contributed by atoms with Gasteiger partial charge in [0.15, 0.2) is 5.56 Å². The van der Waals surface area contributed by atoms with Gasteiger partial charge >= 0.3 is 0 Å². The molecule has 0 radical (unpaired) electrons. The molecule has 134 valence electrons. The van der Waals surface area contributed by atoms with Crippen molar-refractivity contribution in [1.29, 1.82) is 0 Å². The summed E-state index contributed by atoms with van der Waals surface area (Å²) in [6.07, 6.45) is 0. The summed E-state index contributed by atoms with van der Waals surface area (Å²) in [5.41, 5.74) is -4.27. The minimum atomic E-state index is -1.29. The van der Waals surface area contributed by atoms with Crippen molar-refractivity contribution < 1.29 is 24.0 Å². The molecule has 11 nitrogen and oxygen atoms in total. The van der Waals surface area contributed by atoms with E-state index in [-0.39, 0.29) is 10.7 Å². The third-order valence-corrected chi connectivity index (χ3v) is 3.38. The smallest absolute Gasteiger partial charge is 0.296 e. The molecule has 1 amide bonds. The van der Waals surface area contributed by atoms with E-state index in [4.69, 9.17) is 11.6 Å². The normalized spacial score (nSPS) is 10.2. The number of non-ortho nitro benzene ring substituents is 1. The summed E-state index contributed by atoms with van der Waals surface area (Å²) in [5.74, 6) is -2.09. The van der Waals surface area contributed by atoms with Crippen LogP contribution in [0.1, 0.15) is 10.4 Å². The molecule has 0 heterocycles. The largest absolute Gasteiger partial charge is 0.321 e. The predicted molar refractivity (Wildman–Crippen MR) is 85.8 cm³/mol. The maximum absolute atomic E-state index is 13.1. The zero-order valence-electron chi connectivity index (χ0n) is 12.3. The zero-order valence-corrected chi connectivity index (χ0v) is 13.1. The van der Waals surface area contributed by atoms with E-state index in [0.717, 1.165) is 18.2 Å². The summed E-state index contributed by atoms with van der Waals surface area (Å²) in [5, 5.41) is 34.8. The molecule has 2 aromatic rings. The quantitative estimate of drug-likeness (QED) is 0.610. The van der Waals surface area contributed by atoms with Crippen LogP contribution in [-0.4, -0.2) is 20.7 Å². The highest BCUT2D eigenvalue weighted by atomic mass is 35.5. The van der Waals surface area contributed by atoms with Gasteiger partial charge in [-0.1, -0.05) is 11.6 Å². The number of carbonyl (C=O) groups is 1. The summed E-state index contributed by atoms with van der Waals surface area (Å²) in [7, 11) is 0. The number of halogens is 2. The first-order chi connectivity index (χ1) is 12.1. The van der Waals surface area contributed by atoms with Gasteiger partial charge in [-0.2, -0.15) is 0 Å². The van der Waals surface area contributed by atoms with Crippen molar-refractivity contribution in [2.75, 3.05) is 5.32 Å². The number of nitro benzene ring substituents is 3. The van der Waals surface area contributed by atoms with Gasteiger partial charge in [-0.25, -0.2) is 4.39 Å². The lowest BCUT2D eigenvalue weighted by atomic mass is 10.1. The van der Waals surface area contributed by atoms with E-state index in [1.54, 1.807) is 0 Å². The average molecular weight is 385 g/mol. The van der Waals surface area contributed by atoms with E-state index < -0.39 is 49.1 Å². The standard InChI is InChI=1S/C13H6ClFN4O7/c14-8-3-6(1-2-9(8)15)16-13(20)12-10(18(23)24)4-7(17(21)22)5-11(12)19(25)26/h1-5H,(H,16,20). The van der Waals surface area contributed by atoms with E-state index in [0.29, 0.717) is 12.1 Å². The summed E-state index contributed by atoms with van der Waals surface area (Å²) in [6.45, 7) is 0. The number of rotatable bonds is 5.